The summed E-state index contributed by atoms with van der Waals surface area (Å²) in [5, 5.41) is 6.46. The van der Waals surface area contributed by atoms with Crippen LogP contribution in [-0.2, 0) is 0 Å². The topological polar surface area (TPSA) is 41.4 Å². The minimum Gasteiger partial charge on any atom is -0.335 e. The van der Waals surface area contributed by atoms with Gasteiger partial charge in [0.15, 0.2) is 5.69 Å². The highest BCUT2D eigenvalue weighted by atomic mass is 35.5. The predicted molar refractivity (Wildman–Crippen MR) is 168 cm³/mol. The molecule has 1 fully saturated rings. The number of amides is 1. The van der Waals surface area contributed by atoms with E-state index in [-0.39, 0.29) is 5.91 Å². The predicted octanol–water partition coefficient (Wildman–Crippen LogP) is 8.73. The molecule has 1 aliphatic heterocycles. The average Bonchev–Trinajstić information content (AvgIpc) is 3.29. The molecule has 1 amide bonds. The van der Waals surface area contributed by atoms with Gasteiger partial charge in [-0.3, -0.25) is 9.69 Å². The quantitative estimate of drug-likeness (QED) is 0.206. The van der Waals surface area contributed by atoms with Gasteiger partial charge in [0.1, 0.15) is 0 Å². The lowest BCUT2D eigenvalue weighted by Gasteiger charge is -2.36. The van der Waals surface area contributed by atoms with Gasteiger partial charge in [0.25, 0.3) is 5.91 Å². The molecule has 0 aliphatic carbocycles. The summed E-state index contributed by atoms with van der Waals surface area (Å²) in [6.45, 7) is 14.7. The van der Waals surface area contributed by atoms with Gasteiger partial charge in [0, 0.05) is 47.4 Å². The fourth-order valence-corrected chi connectivity index (χ4v) is 6.39. The minimum absolute atomic E-state index is 0.0573. The van der Waals surface area contributed by atoms with Gasteiger partial charge in [-0.25, -0.2) is 4.68 Å². The highest BCUT2D eigenvalue weighted by Gasteiger charge is 2.29. The van der Waals surface area contributed by atoms with Gasteiger partial charge in [-0.15, -0.1) is 6.58 Å². The summed E-state index contributed by atoms with van der Waals surface area (Å²) >= 11 is 18.9. The molecule has 0 spiro atoms. The number of piperazine rings is 1. The highest BCUT2D eigenvalue weighted by Crippen LogP contribution is 2.36. The fourth-order valence-electron chi connectivity index (χ4n) is 5.78. The van der Waals surface area contributed by atoms with E-state index in [0.29, 0.717) is 45.0 Å². The first kappa shape index (κ1) is 30.6. The lowest BCUT2D eigenvalue weighted by atomic mass is 9.75. The molecule has 1 aliphatic rings. The summed E-state index contributed by atoms with van der Waals surface area (Å²) in [6.07, 6.45) is 7.89. The Morgan fingerprint density at radius 2 is 1.65 bits per heavy atom. The van der Waals surface area contributed by atoms with Crippen molar-refractivity contribution in [3.63, 3.8) is 0 Å². The number of carbonyl (C=O) groups excluding carboxylic acids is 1. The summed E-state index contributed by atoms with van der Waals surface area (Å²) in [6, 6.07) is 12.8. The maximum atomic E-state index is 13.8. The first-order valence-electron chi connectivity index (χ1n) is 14.2. The normalized spacial score (nSPS) is 14.5. The van der Waals surface area contributed by atoms with Crippen LogP contribution < -0.4 is 0 Å². The van der Waals surface area contributed by atoms with Crippen LogP contribution in [0.5, 0.6) is 0 Å². The Balaban J connectivity index is 1.51. The van der Waals surface area contributed by atoms with Crippen LogP contribution in [0.1, 0.15) is 62.0 Å². The number of nitrogens with zero attached hydrogens (tertiary/aromatic N) is 4. The molecule has 4 rings (SSSR count). The number of carbonyl (C=O) groups is 1. The molecule has 0 N–H and O–H groups in total. The zero-order valence-corrected chi connectivity index (χ0v) is 26.0. The van der Waals surface area contributed by atoms with E-state index in [1.54, 1.807) is 16.8 Å². The number of hydrogen-bond acceptors (Lipinski definition) is 3. The zero-order valence-electron chi connectivity index (χ0n) is 23.7. The van der Waals surface area contributed by atoms with Crippen molar-refractivity contribution in [2.45, 2.75) is 52.9 Å². The highest BCUT2D eigenvalue weighted by molar-refractivity contribution is 6.35. The van der Waals surface area contributed by atoms with Crippen molar-refractivity contribution in [1.29, 1.82) is 0 Å². The van der Waals surface area contributed by atoms with Crippen molar-refractivity contribution in [2.24, 2.45) is 5.41 Å². The number of hydrogen-bond donors (Lipinski definition) is 0. The second-order valence-corrected chi connectivity index (χ2v) is 12.1. The van der Waals surface area contributed by atoms with Crippen molar-refractivity contribution in [1.82, 2.24) is 19.6 Å². The van der Waals surface area contributed by atoms with E-state index < -0.39 is 0 Å². The third-order valence-electron chi connectivity index (χ3n) is 8.50. The van der Waals surface area contributed by atoms with Crippen LogP contribution in [0.25, 0.3) is 16.9 Å². The Hall–Kier alpha value is -2.31. The number of rotatable bonds is 11. The molecule has 2 heterocycles. The maximum Gasteiger partial charge on any atom is 0.274 e. The standard InChI is InChI=1S/C32H39Cl3N4O/c1-5-15-32(6-2,7-3)16-8-17-37-18-20-38(21-19-37)31(40)29-23(4)30(24-9-11-25(33)12-10-24)39(36-29)28-14-13-26(34)22-27(28)35/h5,9-14,22H,1,6-8,15-21H2,2-4H3. The summed E-state index contributed by atoms with van der Waals surface area (Å²) < 4.78 is 1.75. The van der Waals surface area contributed by atoms with Crippen LogP contribution in [-0.4, -0.2) is 58.2 Å². The maximum absolute atomic E-state index is 13.8. The Bertz CT molecular complexity index is 1320. The smallest absolute Gasteiger partial charge is 0.274 e. The van der Waals surface area contributed by atoms with Crippen LogP contribution in [0.2, 0.25) is 15.1 Å². The van der Waals surface area contributed by atoms with E-state index in [1.807, 2.05) is 42.2 Å². The van der Waals surface area contributed by atoms with Gasteiger partial charge in [-0.1, -0.05) is 79.7 Å². The Labute approximate surface area is 253 Å². The molecule has 0 atom stereocenters. The first-order chi connectivity index (χ1) is 19.2. The Morgan fingerprint density at radius 1 is 1.00 bits per heavy atom. The van der Waals surface area contributed by atoms with Crippen molar-refractivity contribution < 1.29 is 4.79 Å². The van der Waals surface area contributed by atoms with E-state index in [2.05, 4.69) is 31.4 Å². The van der Waals surface area contributed by atoms with Crippen molar-refractivity contribution in [3.05, 3.63) is 81.4 Å². The van der Waals surface area contributed by atoms with E-state index in [9.17, 15) is 4.79 Å². The van der Waals surface area contributed by atoms with Crippen LogP contribution in [0.3, 0.4) is 0 Å². The SMILES string of the molecule is C=CCC(CC)(CC)CCCN1CCN(C(=O)c2nn(-c3ccc(Cl)cc3Cl)c(-c3ccc(Cl)cc3)c2C)CC1. The molecule has 214 valence electrons. The fraction of sp³-hybridized carbons (Fsp3) is 0.438. The van der Waals surface area contributed by atoms with Crippen LogP contribution in [0, 0.1) is 12.3 Å². The van der Waals surface area contributed by atoms with Crippen molar-refractivity contribution in [2.75, 3.05) is 32.7 Å². The lowest BCUT2D eigenvalue weighted by Crippen LogP contribution is -2.49. The van der Waals surface area contributed by atoms with E-state index in [0.717, 1.165) is 42.9 Å². The molecule has 40 heavy (non-hydrogen) atoms. The molecule has 2 aromatic carbocycles. The van der Waals surface area contributed by atoms with E-state index in [4.69, 9.17) is 39.9 Å². The van der Waals surface area contributed by atoms with Gasteiger partial charge in [0.05, 0.1) is 16.4 Å². The van der Waals surface area contributed by atoms with Crippen LogP contribution >= 0.6 is 34.8 Å². The second-order valence-electron chi connectivity index (χ2n) is 10.8. The number of allylic oxidation sites excluding steroid dienone is 1. The van der Waals surface area contributed by atoms with Crippen molar-refractivity contribution in [3.8, 4) is 16.9 Å². The van der Waals surface area contributed by atoms with Crippen molar-refractivity contribution >= 4 is 40.7 Å². The Morgan fingerprint density at radius 3 is 2.25 bits per heavy atom. The number of halogens is 3. The van der Waals surface area contributed by atoms with Gasteiger partial charge in [-0.05, 0) is 68.5 Å². The van der Waals surface area contributed by atoms with Gasteiger partial charge < -0.3 is 4.90 Å². The largest absolute Gasteiger partial charge is 0.335 e. The first-order valence-corrected chi connectivity index (χ1v) is 15.3. The zero-order chi connectivity index (χ0) is 28.9. The molecule has 1 aromatic heterocycles. The number of benzene rings is 2. The molecule has 1 saturated heterocycles. The summed E-state index contributed by atoms with van der Waals surface area (Å²) in [5.41, 5.74) is 3.97. The number of aromatic nitrogens is 2. The van der Waals surface area contributed by atoms with E-state index >= 15 is 0 Å². The molecule has 0 radical (unpaired) electrons. The van der Waals surface area contributed by atoms with E-state index in [1.165, 1.54) is 25.7 Å². The minimum atomic E-state index is -0.0573. The molecule has 0 unspecified atom stereocenters. The third kappa shape index (κ3) is 6.76. The summed E-state index contributed by atoms with van der Waals surface area (Å²) in [7, 11) is 0. The Kier molecular flexibility index (Phi) is 10.4. The van der Waals surface area contributed by atoms with Gasteiger partial charge >= 0.3 is 0 Å². The molecular weight excluding hydrogens is 563 g/mol. The molecule has 0 saturated carbocycles. The second kappa shape index (κ2) is 13.6. The summed E-state index contributed by atoms with van der Waals surface area (Å²) in [5.74, 6) is -0.0573. The molecule has 3 aromatic rings. The molecule has 0 bridgehead atoms. The third-order valence-corrected chi connectivity index (χ3v) is 9.29. The molecular formula is C32H39Cl3N4O. The molecule has 8 heteroatoms. The lowest BCUT2D eigenvalue weighted by molar-refractivity contribution is 0.0622. The van der Waals surface area contributed by atoms with Gasteiger partial charge in [0.2, 0.25) is 0 Å². The van der Waals surface area contributed by atoms with Crippen LogP contribution in [0.4, 0.5) is 0 Å². The van der Waals surface area contributed by atoms with Crippen LogP contribution in [0.15, 0.2) is 55.1 Å². The average molecular weight is 602 g/mol. The molecule has 5 nitrogen and oxygen atoms in total. The monoisotopic (exact) mass is 600 g/mol. The summed E-state index contributed by atoms with van der Waals surface area (Å²) in [4.78, 5) is 18.2. The van der Waals surface area contributed by atoms with Gasteiger partial charge in [-0.2, -0.15) is 5.10 Å².